The van der Waals surface area contributed by atoms with Gasteiger partial charge in [-0.05, 0) is 38.5 Å². The van der Waals surface area contributed by atoms with Crippen molar-refractivity contribution in [2.75, 3.05) is 0 Å². The Morgan fingerprint density at radius 3 is 2.14 bits per heavy atom. The van der Waals surface area contributed by atoms with Crippen LogP contribution < -0.4 is 0 Å². The molecule has 2 heteroatoms. The SMILES string of the molecule is CCCCCC/C=C/C=C/C/C=C/CCCCCCC(=O)O. The molecule has 0 aliphatic carbocycles. The first-order valence-electron chi connectivity index (χ1n) is 8.95. The molecule has 0 heterocycles. The molecule has 0 aliphatic heterocycles. The van der Waals surface area contributed by atoms with E-state index in [1.807, 2.05) is 0 Å². The van der Waals surface area contributed by atoms with Crippen LogP contribution in [-0.4, -0.2) is 11.1 Å². The molecule has 0 spiro atoms. The minimum Gasteiger partial charge on any atom is -0.481 e. The Morgan fingerprint density at radius 1 is 0.773 bits per heavy atom. The van der Waals surface area contributed by atoms with E-state index < -0.39 is 5.97 Å². The third-order valence-corrected chi connectivity index (χ3v) is 3.56. The van der Waals surface area contributed by atoms with Crippen molar-refractivity contribution in [3.8, 4) is 0 Å². The highest BCUT2D eigenvalue weighted by Gasteiger charge is 1.95. The highest BCUT2D eigenvalue weighted by molar-refractivity contribution is 5.66. The second kappa shape index (κ2) is 17.7. The van der Waals surface area contributed by atoms with Crippen LogP contribution in [0.2, 0.25) is 0 Å². The molecule has 126 valence electrons. The summed E-state index contributed by atoms with van der Waals surface area (Å²) in [6, 6.07) is 0. The van der Waals surface area contributed by atoms with E-state index in [0.717, 1.165) is 38.5 Å². The molecule has 0 aliphatic rings. The van der Waals surface area contributed by atoms with Gasteiger partial charge < -0.3 is 5.11 Å². The number of carboxylic acids is 1. The molecule has 22 heavy (non-hydrogen) atoms. The smallest absolute Gasteiger partial charge is 0.303 e. The monoisotopic (exact) mass is 306 g/mol. The number of unbranched alkanes of at least 4 members (excludes halogenated alkanes) is 8. The maximum absolute atomic E-state index is 10.3. The van der Waals surface area contributed by atoms with Gasteiger partial charge in [-0.2, -0.15) is 0 Å². The summed E-state index contributed by atoms with van der Waals surface area (Å²) >= 11 is 0. The summed E-state index contributed by atoms with van der Waals surface area (Å²) in [5, 5.41) is 8.52. The number of carbonyl (C=O) groups is 1. The lowest BCUT2D eigenvalue weighted by molar-refractivity contribution is -0.137. The molecule has 1 N–H and O–H groups in total. The van der Waals surface area contributed by atoms with Crippen LogP contribution in [0.5, 0.6) is 0 Å². The summed E-state index contributed by atoms with van der Waals surface area (Å²) in [5.41, 5.74) is 0. The first kappa shape index (κ1) is 20.7. The summed E-state index contributed by atoms with van der Waals surface area (Å²) in [5.74, 6) is -0.679. The molecule has 2 nitrogen and oxygen atoms in total. The maximum Gasteiger partial charge on any atom is 0.303 e. The van der Waals surface area contributed by atoms with E-state index in [1.165, 1.54) is 32.1 Å². The number of allylic oxidation sites excluding steroid dienone is 6. The van der Waals surface area contributed by atoms with Crippen molar-refractivity contribution in [3.63, 3.8) is 0 Å². The molecular weight excluding hydrogens is 272 g/mol. The third kappa shape index (κ3) is 18.7. The second-order valence-corrected chi connectivity index (χ2v) is 5.76. The maximum atomic E-state index is 10.3. The van der Waals surface area contributed by atoms with Gasteiger partial charge in [-0.3, -0.25) is 4.79 Å². The fraction of sp³-hybridized carbons (Fsp3) is 0.650. The number of hydrogen-bond donors (Lipinski definition) is 1. The normalized spacial score (nSPS) is 12.0. The zero-order chi connectivity index (χ0) is 16.3. The lowest BCUT2D eigenvalue weighted by Gasteiger charge is -1.96. The Morgan fingerprint density at radius 2 is 1.41 bits per heavy atom. The predicted molar refractivity (Wildman–Crippen MR) is 96.1 cm³/mol. The van der Waals surface area contributed by atoms with Crippen molar-refractivity contribution in [1.82, 2.24) is 0 Å². The highest BCUT2D eigenvalue weighted by Crippen LogP contribution is 2.06. The van der Waals surface area contributed by atoms with Crippen molar-refractivity contribution in [2.45, 2.75) is 84.0 Å². The van der Waals surface area contributed by atoms with Gasteiger partial charge in [0.25, 0.3) is 0 Å². The van der Waals surface area contributed by atoms with E-state index in [0.29, 0.717) is 6.42 Å². The highest BCUT2D eigenvalue weighted by atomic mass is 16.4. The topological polar surface area (TPSA) is 37.3 Å². The molecule has 0 bridgehead atoms. The van der Waals surface area contributed by atoms with Crippen LogP contribution >= 0.6 is 0 Å². The number of aliphatic carboxylic acids is 1. The Labute approximate surface area is 137 Å². The standard InChI is InChI=1S/C20H34O2/c1-2-3-4-5-6-7-8-9-10-11-12-13-14-15-16-17-18-19-20(21)22/h7-10,12-13H,2-6,11,14-19H2,1H3,(H,21,22)/b8-7+,10-9+,13-12+. The Hall–Kier alpha value is -1.31. The van der Waals surface area contributed by atoms with Crippen LogP contribution in [0.1, 0.15) is 84.0 Å². The van der Waals surface area contributed by atoms with Gasteiger partial charge in [0.1, 0.15) is 0 Å². The molecule has 0 saturated carbocycles. The molecule has 0 radical (unpaired) electrons. The fourth-order valence-corrected chi connectivity index (χ4v) is 2.21. The fourth-order valence-electron chi connectivity index (χ4n) is 2.21. The van der Waals surface area contributed by atoms with Crippen LogP contribution in [0.25, 0.3) is 0 Å². The minimum absolute atomic E-state index is 0.312. The third-order valence-electron chi connectivity index (χ3n) is 3.56. The molecule has 0 unspecified atom stereocenters. The van der Waals surface area contributed by atoms with Crippen molar-refractivity contribution in [3.05, 3.63) is 36.5 Å². The van der Waals surface area contributed by atoms with Gasteiger partial charge in [0.15, 0.2) is 0 Å². The van der Waals surface area contributed by atoms with Gasteiger partial charge in [0.2, 0.25) is 0 Å². The van der Waals surface area contributed by atoms with Gasteiger partial charge in [0, 0.05) is 6.42 Å². The molecule has 0 amide bonds. The quantitative estimate of drug-likeness (QED) is 0.215. The van der Waals surface area contributed by atoms with Crippen molar-refractivity contribution >= 4 is 5.97 Å². The Bertz CT molecular complexity index is 327. The van der Waals surface area contributed by atoms with Gasteiger partial charge in [-0.15, -0.1) is 0 Å². The van der Waals surface area contributed by atoms with Gasteiger partial charge in [-0.25, -0.2) is 0 Å². The summed E-state index contributed by atoms with van der Waals surface area (Å²) in [7, 11) is 0. The van der Waals surface area contributed by atoms with Gasteiger partial charge in [0.05, 0.1) is 0 Å². The first-order valence-corrected chi connectivity index (χ1v) is 8.95. The molecule has 0 saturated heterocycles. The summed E-state index contributed by atoms with van der Waals surface area (Å²) in [6.07, 6.45) is 26.3. The minimum atomic E-state index is -0.679. The summed E-state index contributed by atoms with van der Waals surface area (Å²) < 4.78 is 0. The van der Waals surface area contributed by atoms with Crippen LogP contribution in [0, 0.1) is 0 Å². The molecule has 0 fully saturated rings. The predicted octanol–water partition coefficient (Wildman–Crippen LogP) is 6.44. The van der Waals surface area contributed by atoms with Crippen molar-refractivity contribution in [1.29, 1.82) is 0 Å². The van der Waals surface area contributed by atoms with Gasteiger partial charge in [-0.1, -0.05) is 75.5 Å². The van der Waals surface area contributed by atoms with E-state index in [9.17, 15) is 4.79 Å². The second-order valence-electron chi connectivity index (χ2n) is 5.76. The van der Waals surface area contributed by atoms with E-state index >= 15 is 0 Å². The molecule has 0 aromatic rings. The average Bonchev–Trinajstić information content (AvgIpc) is 2.50. The molecule has 0 atom stereocenters. The summed E-state index contributed by atoms with van der Waals surface area (Å²) in [6.45, 7) is 2.24. The zero-order valence-corrected chi connectivity index (χ0v) is 14.3. The van der Waals surface area contributed by atoms with E-state index in [1.54, 1.807) is 0 Å². The molecule has 0 aromatic heterocycles. The Balaban J connectivity index is 3.30. The van der Waals surface area contributed by atoms with Crippen LogP contribution in [0.3, 0.4) is 0 Å². The van der Waals surface area contributed by atoms with E-state index in [2.05, 4.69) is 43.4 Å². The molecular formula is C20H34O2. The summed E-state index contributed by atoms with van der Waals surface area (Å²) in [4.78, 5) is 10.3. The van der Waals surface area contributed by atoms with Crippen LogP contribution in [-0.2, 0) is 4.79 Å². The van der Waals surface area contributed by atoms with Crippen molar-refractivity contribution < 1.29 is 9.90 Å². The first-order chi connectivity index (χ1) is 10.8. The molecule has 0 aromatic carbocycles. The number of rotatable bonds is 15. The van der Waals surface area contributed by atoms with Crippen LogP contribution in [0.4, 0.5) is 0 Å². The number of carboxylic acid groups (broad SMARTS) is 1. The Kier molecular flexibility index (Phi) is 16.7. The molecule has 0 rings (SSSR count). The zero-order valence-electron chi connectivity index (χ0n) is 14.3. The number of hydrogen-bond acceptors (Lipinski definition) is 1. The van der Waals surface area contributed by atoms with E-state index in [4.69, 9.17) is 5.11 Å². The largest absolute Gasteiger partial charge is 0.481 e. The van der Waals surface area contributed by atoms with Crippen molar-refractivity contribution in [2.24, 2.45) is 0 Å². The lowest BCUT2D eigenvalue weighted by Crippen LogP contribution is -1.93. The lowest BCUT2D eigenvalue weighted by atomic mass is 10.1. The van der Waals surface area contributed by atoms with Crippen LogP contribution in [0.15, 0.2) is 36.5 Å². The average molecular weight is 306 g/mol. The van der Waals surface area contributed by atoms with E-state index in [-0.39, 0.29) is 0 Å². The van der Waals surface area contributed by atoms with Gasteiger partial charge >= 0.3 is 5.97 Å².